The molecule has 0 aliphatic carbocycles. The summed E-state index contributed by atoms with van der Waals surface area (Å²) in [7, 11) is -0.203. The molecule has 27 heavy (non-hydrogen) atoms. The zero-order valence-electron chi connectivity index (χ0n) is 15.6. The Kier molecular flexibility index (Phi) is 4.57. The first-order valence-corrected chi connectivity index (χ1v) is 10.5. The molecule has 3 aromatic rings. The molecule has 0 N–H and O–H groups in total. The van der Waals surface area contributed by atoms with Crippen LogP contribution in [0.1, 0.15) is 11.6 Å². The fraction of sp³-hybridized carbons (Fsp3) is 0.421. The second-order valence-corrected chi connectivity index (χ2v) is 9.36. The van der Waals surface area contributed by atoms with E-state index in [0.29, 0.717) is 24.8 Å². The molecule has 8 heteroatoms. The van der Waals surface area contributed by atoms with Gasteiger partial charge in [0.2, 0.25) is 10.0 Å². The van der Waals surface area contributed by atoms with Gasteiger partial charge in [-0.25, -0.2) is 17.7 Å². The standard InChI is InChI=1S/C19H23N3O4S/c1-13-15-6-4-5-7-17(15)26-18(13)19-20-8-9-22(19)16-11-25-10-14(16)12-27(23,24)21(2)3/h4-9,14,16H,10-12H2,1-3H3/t14-,16+/m0/s1. The average Bonchev–Trinajstić information content (AvgIpc) is 3.33. The average molecular weight is 389 g/mol. The first kappa shape index (κ1) is 18.2. The highest BCUT2D eigenvalue weighted by Gasteiger charge is 2.36. The van der Waals surface area contributed by atoms with Gasteiger partial charge in [-0.3, -0.25) is 0 Å². The van der Waals surface area contributed by atoms with E-state index in [2.05, 4.69) is 4.98 Å². The van der Waals surface area contributed by atoms with Gasteiger partial charge in [-0.1, -0.05) is 18.2 Å². The number of benzene rings is 1. The first-order valence-electron chi connectivity index (χ1n) is 8.88. The fourth-order valence-electron chi connectivity index (χ4n) is 3.62. The number of aryl methyl sites for hydroxylation is 1. The van der Waals surface area contributed by atoms with E-state index in [-0.39, 0.29) is 17.7 Å². The van der Waals surface area contributed by atoms with Gasteiger partial charge in [0.1, 0.15) is 5.58 Å². The number of nitrogens with zero attached hydrogens (tertiary/aromatic N) is 3. The van der Waals surface area contributed by atoms with Crippen LogP contribution < -0.4 is 0 Å². The van der Waals surface area contributed by atoms with Crippen molar-refractivity contribution in [3.05, 3.63) is 42.2 Å². The summed E-state index contributed by atoms with van der Waals surface area (Å²) < 4.78 is 39.7. The summed E-state index contributed by atoms with van der Waals surface area (Å²) in [6, 6.07) is 7.77. The summed E-state index contributed by atoms with van der Waals surface area (Å²) in [5, 5.41) is 1.05. The molecule has 144 valence electrons. The molecule has 1 aliphatic rings. The lowest BCUT2D eigenvalue weighted by atomic mass is 10.1. The summed E-state index contributed by atoms with van der Waals surface area (Å²) in [5.41, 5.74) is 1.84. The van der Waals surface area contributed by atoms with E-state index >= 15 is 0 Å². The maximum absolute atomic E-state index is 12.4. The van der Waals surface area contributed by atoms with Crippen LogP contribution in [0.3, 0.4) is 0 Å². The largest absolute Gasteiger partial charge is 0.453 e. The van der Waals surface area contributed by atoms with Gasteiger partial charge in [0.15, 0.2) is 11.6 Å². The summed E-state index contributed by atoms with van der Waals surface area (Å²) in [6.45, 7) is 2.88. The molecule has 3 heterocycles. The molecule has 0 unspecified atom stereocenters. The van der Waals surface area contributed by atoms with Crippen LogP contribution in [-0.4, -0.2) is 55.3 Å². The second-order valence-electron chi connectivity index (χ2n) is 7.14. The molecule has 0 bridgehead atoms. The van der Waals surface area contributed by atoms with E-state index in [1.165, 1.54) is 4.31 Å². The lowest BCUT2D eigenvalue weighted by Gasteiger charge is -2.22. The van der Waals surface area contributed by atoms with Crippen molar-refractivity contribution in [1.29, 1.82) is 0 Å². The number of ether oxygens (including phenoxy) is 1. The SMILES string of the molecule is Cc1c(-c2nccn2[C@@H]2COC[C@H]2CS(=O)(=O)N(C)C)oc2ccccc12. The van der Waals surface area contributed by atoms with Gasteiger partial charge in [-0.15, -0.1) is 0 Å². The Bertz CT molecular complexity index is 1070. The molecule has 7 nitrogen and oxygen atoms in total. The van der Waals surface area contributed by atoms with Gasteiger partial charge in [-0.05, 0) is 13.0 Å². The lowest BCUT2D eigenvalue weighted by Crippen LogP contribution is -2.32. The molecule has 0 spiro atoms. The molecule has 4 rings (SSSR count). The van der Waals surface area contributed by atoms with Crippen molar-refractivity contribution in [3.8, 4) is 11.6 Å². The van der Waals surface area contributed by atoms with Crippen LogP contribution in [0.25, 0.3) is 22.6 Å². The number of aromatic nitrogens is 2. The van der Waals surface area contributed by atoms with Crippen molar-refractivity contribution in [3.63, 3.8) is 0 Å². The quantitative estimate of drug-likeness (QED) is 0.670. The summed E-state index contributed by atoms with van der Waals surface area (Å²) in [6.07, 6.45) is 3.59. The van der Waals surface area contributed by atoms with Crippen molar-refractivity contribution in [2.75, 3.05) is 33.1 Å². The maximum atomic E-state index is 12.4. The summed E-state index contributed by atoms with van der Waals surface area (Å²) >= 11 is 0. The van der Waals surface area contributed by atoms with Crippen molar-refractivity contribution < 1.29 is 17.6 Å². The molecule has 0 amide bonds. The maximum Gasteiger partial charge on any atom is 0.214 e. The number of sulfonamides is 1. The van der Waals surface area contributed by atoms with Crippen LogP contribution in [0.2, 0.25) is 0 Å². The monoisotopic (exact) mass is 389 g/mol. The van der Waals surface area contributed by atoms with Crippen molar-refractivity contribution >= 4 is 21.0 Å². The van der Waals surface area contributed by atoms with E-state index in [9.17, 15) is 8.42 Å². The molecular formula is C19H23N3O4S. The Morgan fingerprint density at radius 2 is 2.04 bits per heavy atom. The zero-order valence-corrected chi connectivity index (χ0v) is 16.4. The van der Waals surface area contributed by atoms with E-state index in [4.69, 9.17) is 9.15 Å². The van der Waals surface area contributed by atoms with Crippen LogP contribution >= 0.6 is 0 Å². The van der Waals surface area contributed by atoms with Crippen molar-refractivity contribution in [2.24, 2.45) is 5.92 Å². The Morgan fingerprint density at radius 1 is 1.26 bits per heavy atom. The minimum atomic E-state index is -3.32. The second kappa shape index (κ2) is 6.78. The van der Waals surface area contributed by atoms with Gasteiger partial charge in [0.05, 0.1) is 25.0 Å². The van der Waals surface area contributed by atoms with Crippen LogP contribution in [0.5, 0.6) is 0 Å². The topological polar surface area (TPSA) is 77.6 Å². The van der Waals surface area contributed by atoms with Gasteiger partial charge in [-0.2, -0.15) is 0 Å². The van der Waals surface area contributed by atoms with E-state index in [1.807, 2.05) is 42.0 Å². The van der Waals surface area contributed by atoms with Crippen molar-refractivity contribution in [2.45, 2.75) is 13.0 Å². The van der Waals surface area contributed by atoms with Gasteiger partial charge in [0, 0.05) is 43.4 Å². The third-order valence-electron chi connectivity index (χ3n) is 5.22. The highest BCUT2D eigenvalue weighted by Crippen LogP contribution is 2.36. The molecule has 1 saturated heterocycles. The number of imidazole rings is 1. The van der Waals surface area contributed by atoms with Crippen LogP contribution in [-0.2, 0) is 14.8 Å². The van der Waals surface area contributed by atoms with E-state index < -0.39 is 10.0 Å². The number of furan rings is 1. The third kappa shape index (κ3) is 3.18. The Balaban J connectivity index is 1.72. The Labute approximate surface area is 158 Å². The van der Waals surface area contributed by atoms with Gasteiger partial charge in [0.25, 0.3) is 0 Å². The normalized spacial score (nSPS) is 20.7. The number of rotatable bonds is 5. The van der Waals surface area contributed by atoms with E-state index in [1.54, 1.807) is 20.3 Å². The van der Waals surface area contributed by atoms with Crippen molar-refractivity contribution in [1.82, 2.24) is 13.9 Å². The molecular weight excluding hydrogens is 366 g/mol. The third-order valence-corrected chi connectivity index (χ3v) is 7.18. The van der Waals surface area contributed by atoms with Gasteiger partial charge < -0.3 is 13.7 Å². The first-order chi connectivity index (χ1) is 12.9. The molecule has 2 aromatic heterocycles. The fourth-order valence-corrected chi connectivity index (χ4v) is 4.78. The molecule has 1 fully saturated rings. The van der Waals surface area contributed by atoms with E-state index in [0.717, 1.165) is 16.5 Å². The molecule has 1 aliphatic heterocycles. The highest BCUT2D eigenvalue weighted by molar-refractivity contribution is 7.89. The Morgan fingerprint density at radius 3 is 2.78 bits per heavy atom. The summed E-state index contributed by atoms with van der Waals surface area (Å²) in [5.74, 6) is 1.31. The zero-order chi connectivity index (χ0) is 19.2. The predicted molar refractivity (Wildman–Crippen MR) is 103 cm³/mol. The van der Waals surface area contributed by atoms with Gasteiger partial charge >= 0.3 is 0 Å². The lowest BCUT2D eigenvalue weighted by molar-refractivity contribution is 0.182. The predicted octanol–water partition coefficient (Wildman–Crippen LogP) is 2.68. The number of hydrogen-bond donors (Lipinski definition) is 0. The molecule has 0 saturated carbocycles. The van der Waals surface area contributed by atoms with Crippen LogP contribution in [0.15, 0.2) is 41.1 Å². The number of fused-ring (bicyclic) bond motifs is 1. The Hall–Kier alpha value is -2.16. The molecule has 0 radical (unpaired) electrons. The highest BCUT2D eigenvalue weighted by atomic mass is 32.2. The minimum absolute atomic E-state index is 0.0431. The van der Waals surface area contributed by atoms with Crippen LogP contribution in [0.4, 0.5) is 0 Å². The van der Waals surface area contributed by atoms with Crippen LogP contribution in [0, 0.1) is 12.8 Å². The smallest absolute Gasteiger partial charge is 0.214 e. The minimum Gasteiger partial charge on any atom is -0.453 e. The molecule has 1 aromatic carbocycles. The molecule has 2 atom stereocenters. The number of hydrogen-bond acceptors (Lipinski definition) is 5. The number of para-hydroxylation sites is 1. The summed E-state index contributed by atoms with van der Waals surface area (Å²) in [4.78, 5) is 4.51.